The maximum absolute atomic E-state index is 13.2. The molecule has 6 heteroatoms. The number of carbonyl (C=O) groups is 1. The van der Waals surface area contributed by atoms with Crippen LogP contribution in [0.5, 0.6) is 11.6 Å². The van der Waals surface area contributed by atoms with Gasteiger partial charge in [-0.3, -0.25) is 14.2 Å². The number of para-hydroxylation sites is 1. The van der Waals surface area contributed by atoms with E-state index in [4.69, 9.17) is 4.74 Å². The summed E-state index contributed by atoms with van der Waals surface area (Å²) in [6, 6.07) is 8.63. The molecule has 0 saturated heterocycles. The second-order valence-electron chi connectivity index (χ2n) is 6.79. The molecule has 2 rings (SSSR count). The van der Waals surface area contributed by atoms with Crippen molar-refractivity contribution in [3.8, 4) is 17.7 Å². The van der Waals surface area contributed by atoms with Crippen LogP contribution in [-0.2, 0) is 6.54 Å². The Morgan fingerprint density at radius 2 is 2.00 bits per heavy atom. The molecule has 0 amide bonds. The summed E-state index contributed by atoms with van der Waals surface area (Å²) in [5, 5.41) is 20.1. The second kappa shape index (κ2) is 8.54. The predicted molar refractivity (Wildman–Crippen MR) is 102 cm³/mol. The molecule has 0 radical (unpaired) electrons. The maximum atomic E-state index is 13.2. The number of pyridine rings is 1. The zero-order valence-electron chi connectivity index (χ0n) is 16.1. The van der Waals surface area contributed by atoms with E-state index in [-0.39, 0.29) is 34.7 Å². The Labute approximate surface area is 158 Å². The highest BCUT2D eigenvalue weighted by molar-refractivity contribution is 6.13. The zero-order valence-corrected chi connectivity index (χ0v) is 16.1. The van der Waals surface area contributed by atoms with E-state index in [1.54, 1.807) is 24.3 Å². The molecule has 1 N–H and O–H groups in total. The van der Waals surface area contributed by atoms with Gasteiger partial charge in [0.2, 0.25) is 11.7 Å². The predicted octanol–water partition coefficient (Wildman–Crippen LogP) is 3.41. The monoisotopic (exact) mass is 368 g/mol. The largest absolute Gasteiger partial charge is 0.494 e. The highest BCUT2D eigenvalue weighted by Gasteiger charge is 2.26. The summed E-state index contributed by atoms with van der Waals surface area (Å²) in [7, 11) is 0. The van der Waals surface area contributed by atoms with Gasteiger partial charge in [-0.1, -0.05) is 32.9 Å². The van der Waals surface area contributed by atoms with Gasteiger partial charge < -0.3 is 9.84 Å². The standard InChI is InChI=1S/C21H24N2O4/c1-5-10-27-17-9-7-6-8-15(17)19(24)18-14(4)16(11-22)20(25)23(21(18)26)12-13(2)3/h6-9,13,26H,5,10,12H2,1-4H3. The molecule has 1 heterocycles. The lowest BCUT2D eigenvalue weighted by atomic mass is 9.96. The first-order chi connectivity index (χ1) is 12.8. The lowest BCUT2D eigenvalue weighted by molar-refractivity contribution is 0.103. The summed E-state index contributed by atoms with van der Waals surface area (Å²) >= 11 is 0. The van der Waals surface area contributed by atoms with Crippen LogP contribution in [0.2, 0.25) is 0 Å². The Morgan fingerprint density at radius 3 is 2.59 bits per heavy atom. The van der Waals surface area contributed by atoms with Crippen LogP contribution in [0, 0.1) is 24.2 Å². The summed E-state index contributed by atoms with van der Waals surface area (Å²) in [6.45, 7) is 7.88. The third-order valence-electron chi connectivity index (χ3n) is 4.17. The van der Waals surface area contributed by atoms with Gasteiger partial charge in [0.15, 0.2) is 0 Å². The molecule has 0 bridgehead atoms. The summed E-state index contributed by atoms with van der Waals surface area (Å²) in [4.78, 5) is 25.8. The van der Waals surface area contributed by atoms with E-state index in [0.29, 0.717) is 12.4 Å². The zero-order chi connectivity index (χ0) is 20.1. The fourth-order valence-electron chi connectivity index (χ4n) is 2.88. The lowest BCUT2D eigenvalue weighted by Gasteiger charge is -2.18. The number of nitriles is 1. The fraction of sp³-hybridized carbons (Fsp3) is 0.381. The van der Waals surface area contributed by atoms with Crippen LogP contribution in [0.3, 0.4) is 0 Å². The first-order valence-electron chi connectivity index (χ1n) is 8.96. The third-order valence-corrected chi connectivity index (χ3v) is 4.17. The Morgan fingerprint density at radius 1 is 1.33 bits per heavy atom. The van der Waals surface area contributed by atoms with Gasteiger partial charge in [-0.15, -0.1) is 0 Å². The van der Waals surface area contributed by atoms with Crippen LogP contribution >= 0.6 is 0 Å². The van der Waals surface area contributed by atoms with Crippen molar-refractivity contribution in [3.05, 3.63) is 56.9 Å². The summed E-state index contributed by atoms with van der Waals surface area (Å²) in [5.74, 6) is -0.444. The first-order valence-corrected chi connectivity index (χ1v) is 8.96. The summed E-state index contributed by atoms with van der Waals surface area (Å²) in [6.07, 6.45) is 0.782. The van der Waals surface area contributed by atoms with Crippen molar-refractivity contribution in [2.24, 2.45) is 5.92 Å². The number of hydrogen-bond donors (Lipinski definition) is 1. The minimum atomic E-state index is -0.590. The van der Waals surface area contributed by atoms with Crippen molar-refractivity contribution in [1.82, 2.24) is 4.57 Å². The van der Waals surface area contributed by atoms with E-state index >= 15 is 0 Å². The van der Waals surface area contributed by atoms with Crippen molar-refractivity contribution in [3.63, 3.8) is 0 Å². The lowest BCUT2D eigenvalue weighted by Crippen LogP contribution is -2.28. The molecule has 1 aromatic heterocycles. The number of aromatic hydroxyl groups is 1. The molecule has 0 fully saturated rings. The number of nitrogens with zero attached hydrogens (tertiary/aromatic N) is 2. The van der Waals surface area contributed by atoms with Gasteiger partial charge in [-0.05, 0) is 37.0 Å². The number of benzene rings is 1. The molecule has 0 unspecified atom stereocenters. The van der Waals surface area contributed by atoms with Gasteiger partial charge in [0.05, 0.1) is 17.7 Å². The molecule has 0 saturated carbocycles. The molecule has 27 heavy (non-hydrogen) atoms. The Balaban J connectivity index is 2.70. The SMILES string of the molecule is CCCOc1ccccc1C(=O)c1c(C)c(C#N)c(=O)n(CC(C)C)c1O. The topological polar surface area (TPSA) is 92.3 Å². The van der Waals surface area contributed by atoms with Gasteiger partial charge in [0, 0.05) is 6.54 Å². The first kappa shape index (κ1) is 20.2. The average Bonchev–Trinajstić information content (AvgIpc) is 2.64. The average molecular weight is 368 g/mol. The summed E-state index contributed by atoms with van der Waals surface area (Å²) in [5.41, 5.74) is -0.310. The van der Waals surface area contributed by atoms with Crippen molar-refractivity contribution >= 4 is 5.78 Å². The van der Waals surface area contributed by atoms with E-state index in [2.05, 4.69) is 0 Å². The van der Waals surface area contributed by atoms with Crippen LogP contribution in [-0.4, -0.2) is 22.1 Å². The molecule has 1 aromatic carbocycles. The van der Waals surface area contributed by atoms with Gasteiger partial charge in [0.25, 0.3) is 5.56 Å². The number of ether oxygens (including phenoxy) is 1. The minimum absolute atomic E-state index is 0.0423. The van der Waals surface area contributed by atoms with Gasteiger partial charge >= 0.3 is 0 Å². The Kier molecular flexibility index (Phi) is 6.40. The van der Waals surface area contributed by atoms with Gasteiger partial charge in [0.1, 0.15) is 17.4 Å². The minimum Gasteiger partial charge on any atom is -0.494 e. The highest BCUT2D eigenvalue weighted by atomic mass is 16.5. The highest BCUT2D eigenvalue weighted by Crippen LogP contribution is 2.29. The van der Waals surface area contributed by atoms with Gasteiger partial charge in [-0.2, -0.15) is 5.26 Å². The maximum Gasteiger partial charge on any atom is 0.271 e. The second-order valence-corrected chi connectivity index (χ2v) is 6.79. The van der Waals surface area contributed by atoms with Crippen molar-refractivity contribution in [1.29, 1.82) is 5.26 Å². The van der Waals surface area contributed by atoms with E-state index in [0.717, 1.165) is 11.0 Å². The van der Waals surface area contributed by atoms with E-state index in [9.17, 15) is 20.0 Å². The van der Waals surface area contributed by atoms with Crippen LogP contribution in [0.1, 0.15) is 54.2 Å². The van der Waals surface area contributed by atoms with Crippen LogP contribution in [0.25, 0.3) is 0 Å². The third kappa shape index (κ3) is 4.03. The Hall–Kier alpha value is -3.07. The molecule has 0 aliphatic heterocycles. The fourth-order valence-corrected chi connectivity index (χ4v) is 2.88. The molecular weight excluding hydrogens is 344 g/mol. The van der Waals surface area contributed by atoms with Gasteiger partial charge in [-0.25, -0.2) is 0 Å². The Bertz CT molecular complexity index is 952. The number of hydrogen-bond acceptors (Lipinski definition) is 5. The van der Waals surface area contributed by atoms with Crippen molar-refractivity contribution in [2.45, 2.75) is 40.7 Å². The number of rotatable bonds is 7. The van der Waals surface area contributed by atoms with Crippen LogP contribution < -0.4 is 10.3 Å². The van der Waals surface area contributed by atoms with Crippen LogP contribution in [0.15, 0.2) is 29.1 Å². The number of carbonyl (C=O) groups excluding carboxylic acids is 1. The van der Waals surface area contributed by atoms with Crippen molar-refractivity contribution < 1.29 is 14.6 Å². The number of aromatic nitrogens is 1. The molecule has 6 nitrogen and oxygen atoms in total. The molecule has 0 aliphatic carbocycles. The molecule has 0 spiro atoms. The normalized spacial score (nSPS) is 10.7. The van der Waals surface area contributed by atoms with E-state index in [1.165, 1.54) is 6.92 Å². The molecular formula is C21H24N2O4. The molecule has 0 aliphatic rings. The molecule has 0 atom stereocenters. The molecule has 2 aromatic rings. The summed E-state index contributed by atoms with van der Waals surface area (Å²) < 4.78 is 6.74. The molecule has 142 valence electrons. The van der Waals surface area contributed by atoms with E-state index in [1.807, 2.05) is 26.8 Å². The quantitative estimate of drug-likeness (QED) is 0.756. The van der Waals surface area contributed by atoms with Crippen molar-refractivity contribution in [2.75, 3.05) is 6.61 Å². The van der Waals surface area contributed by atoms with Crippen LogP contribution in [0.4, 0.5) is 0 Å². The smallest absolute Gasteiger partial charge is 0.271 e. The number of ketones is 1. The van der Waals surface area contributed by atoms with E-state index < -0.39 is 17.2 Å².